The second kappa shape index (κ2) is 5.84. The lowest BCUT2D eigenvalue weighted by molar-refractivity contribution is 0.228. The number of hydrogen-bond donors (Lipinski definition) is 1. The smallest absolute Gasteiger partial charge is 0.123 e. The molecule has 0 aliphatic heterocycles. The fourth-order valence-electron chi connectivity index (χ4n) is 3.42. The van der Waals surface area contributed by atoms with Gasteiger partial charge >= 0.3 is 0 Å². The first-order chi connectivity index (χ1) is 9.01. The first-order valence-corrected chi connectivity index (χ1v) is 7.82. The van der Waals surface area contributed by atoms with Crippen molar-refractivity contribution in [3.8, 4) is 5.75 Å². The number of benzene rings is 1. The summed E-state index contributed by atoms with van der Waals surface area (Å²) in [5, 5.41) is 3.52. The number of aryl methyl sites for hydroxylation is 1. The van der Waals surface area contributed by atoms with Gasteiger partial charge in [0.05, 0.1) is 7.11 Å². The molecule has 1 aliphatic rings. The molecule has 1 N–H and O–H groups in total. The van der Waals surface area contributed by atoms with E-state index in [2.05, 4.69) is 54.3 Å². The highest BCUT2D eigenvalue weighted by molar-refractivity contribution is 9.10. The van der Waals surface area contributed by atoms with Crippen molar-refractivity contribution < 1.29 is 4.74 Å². The summed E-state index contributed by atoms with van der Waals surface area (Å²) in [4.78, 5) is 0. The molecule has 1 aliphatic carbocycles. The lowest BCUT2D eigenvalue weighted by Crippen LogP contribution is -2.32. The molecule has 1 aromatic rings. The summed E-state index contributed by atoms with van der Waals surface area (Å²) in [7, 11) is 3.82. The molecular formula is C16H24BrNO. The molecule has 0 radical (unpaired) electrons. The van der Waals surface area contributed by atoms with E-state index in [1.807, 2.05) is 0 Å². The number of nitrogens with one attached hydrogen (secondary N) is 1. The third-order valence-corrected chi connectivity index (χ3v) is 5.41. The lowest BCUT2D eigenvalue weighted by Gasteiger charge is -2.35. The third-order valence-electron chi connectivity index (χ3n) is 4.55. The van der Waals surface area contributed by atoms with Crippen LogP contribution < -0.4 is 10.1 Å². The molecule has 0 spiro atoms. The third kappa shape index (κ3) is 2.82. The SMILES string of the molecule is CNC(c1cc(Br)c(C)cc1OC)C1(C)CCCC1. The number of ether oxygens (including phenoxy) is 1. The van der Waals surface area contributed by atoms with Gasteiger partial charge in [-0.05, 0) is 49.9 Å². The Morgan fingerprint density at radius 1 is 1.32 bits per heavy atom. The molecule has 1 saturated carbocycles. The van der Waals surface area contributed by atoms with Crippen molar-refractivity contribution in [1.82, 2.24) is 5.32 Å². The van der Waals surface area contributed by atoms with Crippen molar-refractivity contribution in [2.24, 2.45) is 5.41 Å². The highest BCUT2D eigenvalue weighted by Crippen LogP contribution is 2.49. The van der Waals surface area contributed by atoms with Crippen molar-refractivity contribution in [2.45, 2.75) is 45.6 Å². The van der Waals surface area contributed by atoms with Crippen LogP contribution in [-0.4, -0.2) is 14.2 Å². The van der Waals surface area contributed by atoms with Crippen molar-refractivity contribution >= 4 is 15.9 Å². The van der Waals surface area contributed by atoms with Gasteiger partial charge in [-0.25, -0.2) is 0 Å². The predicted octanol–water partition coefficient (Wildman–Crippen LogP) is 4.61. The van der Waals surface area contributed by atoms with Crippen LogP contribution in [0.25, 0.3) is 0 Å². The molecule has 19 heavy (non-hydrogen) atoms. The molecular weight excluding hydrogens is 302 g/mol. The van der Waals surface area contributed by atoms with E-state index in [1.165, 1.54) is 36.8 Å². The normalized spacial score (nSPS) is 19.4. The number of rotatable bonds is 4. The molecule has 2 nitrogen and oxygen atoms in total. The van der Waals surface area contributed by atoms with E-state index in [0.29, 0.717) is 11.5 Å². The van der Waals surface area contributed by atoms with Gasteiger partial charge in [-0.1, -0.05) is 35.7 Å². The molecule has 1 aromatic carbocycles. The molecule has 2 rings (SSSR count). The number of methoxy groups -OCH3 is 1. The fraction of sp³-hybridized carbons (Fsp3) is 0.625. The molecule has 0 heterocycles. The zero-order valence-corrected chi connectivity index (χ0v) is 13.9. The quantitative estimate of drug-likeness (QED) is 0.873. The minimum atomic E-state index is 0.330. The van der Waals surface area contributed by atoms with Gasteiger partial charge in [-0.2, -0.15) is 0 Å². The Bertz CT molecular complexity index is 452. The highest BCUT2D eigenvalue weighted by atomic mass is 79.9. The Morgan fingerprint density at radius 2 is 1.95 bits per heavy atom. The second-order valence-electron chi connectivity index (χ2n) is 5.93. The first kappa shape index (κ1) is 14.9. The standard InChI is InChI=1S/C16H24BrNO/c1-11-9-14(19-4)12(10-13(11)17)15(18-3)16(2)7-5-6-8-16/h9-10,15,18H,5-8H2,1-4H3. The highest BCUT2D eigenvalue weighted by Gasteiger charge is 2.38. The zero-order valence-electron chi connectivity index (χ0n) is 12.3. The van der Waals surface area contributed by atoms with Gasteiger partial charge in [0.2, 0.25) is 0 Å². The maximum Gasteiger partial charge on any atom is 0.123 e. The van der Waals surface area contributed by atoms with Crippen LogP contribution in [0, 0.1) is 12.3 Å². The molecule has 1 atom stereocenters. The van der Waals surface area contributed by atoms with Crippen LogP contribution >= 0.6 is 15.9 Å². The van der Waals surface area contributed by atoms with Gasteiger partial charge < -0.3 is 10.1 Å². The summed E-state index contributed by atoms with van der Waals surface area (Å²) in [5.41, 5.74) is 2.82. The van der Waals surface area contributed by atoms with E-state index in [4.69, 9.17) is 4.74 Å². The van der Waals surface area contributed by atoms with Crippen LogP contribution in [0.2, 0.25) is 0 Å². The van der Waals surface area contributed by atoms with Crippen LogP contribution in [0.5, 0.6) is 5.75 Å². The van der Waals surface area contributed by atoms with Gasteiger partial charge in [0.25, 0.3) is 0 Å². The average molecular weight is 326 g/mol. The van der Waals surface area contributed by atoms with E-state index >= 15 is 0 Å². The molecule has 106 valence electrons. The number of halogens is 1. The Morgan fingerprint density at radius 3 is 2.47 bits per heavy atom. The minimum absolute atomic E-state index is 0.330. The summed E-state index contributed by atoms with van der Waals surface area (Å²) >= 11 is 3.65. The summed E-state index contributed by atoms with van der Waals surface area (Å²) in [6.45, 7) is 4.50. The zero-order chi connectivity index (χ0) is 14.0. The predicted molar refractivity (Wildman–Crippen MR) is 83.8 cm³/mol. The monoisotopic (exact) mass is 325 g/mol. The maximum atomic E-state index is 5.61. The fourth-order valence-corrected chi connectivity index (χ4v) is 3.78. The van der Waals surface area contributed by atoms with Crippen LogP contribution in [0.15, 0.2) is 16.6 Å². The lowest BCUT2D eigenvalue weighted by atomic mass is 9.77. The van der Waals surface area contributed by atoms with Crippen LogP contribution in [0.3, 0.4) is 0 Å². The average Bonchev–Trinajstić information content (AvgIpc) is 2.81. The van der Waals surface area contributed by atoms with E-state index in [-0.39, 0.29) is 0 Å². The van der Waals surface area contributed by atoms with Crippen molar-refractivity contribution in [3.63, 3.8) is 0 Å². The Kier molecular flexibility index (Phi) is 4.57. The van der Waals surface area contributed by atoms with Crippen LogP contribution in [0.4, 0.5) is 0 Å². The molecule has 3 heteroatoms. The summed E-state index contributed by atoms with van der Waals surface area (Å²) in [6.07, 6.45) is 5.24. The summed E-state index contributed by atoms with van der Waals surface area (Å²) in [6, 6.07) is 4.70. The minimum Gasteiger partial charge on any atom is -0.496 e. The van der Waals surface area contributed by atoms with Gasteiger partial charge in [0.1, 0.15) is 5.75 Å². The molecule has 1 fully saturated rings. The van der Waals surface area contributed by atoms with Gasteiger partial charge in [-0.3, -0.25) is 0 Å². The Hall–Kier alpha value is -0.540. The first-order valence-electron chi connectivity index (χ1n) is 7.03. The van der Waals surface area contributed by atoms with Crippen molar-refractivity contribution in [2.75, 3.05) is 14.2 Å². The second-order valence-corrected chi connectivity index (χ2v) is 6.78. The van der Waals surface area contributed by atoms with E-state index in [0.717, 1.165) is 10.2 Å². The van der Waals surface area contributed by atoms with Gasteiger partial charge in [0.15, 0.2) is 0 Å². The number of hydrogen-bond acceptors (Lipinski definition) is 2. The van der Waals surface area contributed by atoms with Crippen LogP contribution in [0.1, 0.15) is 49.8 Å². The van der Waals surface area contributed by atoms with Crippen molar-refractivity contribution in [1.29, 1.82) is 0 Å². The maximum absolute atomic E-state index is 5.61. The Labute approximate surface area is 125 Å². The molecule has 0 amide bonds. The van der Waals surface area contributed by atoms with E-state index in [1.54, 1.807) is 7.11 Å². The van der Waals surface area contributed by atoms with E-state index < -0.39 is 0 Å². The largest absolute Gasteiger partial charge is 0.496 e. The molecule has 0 saturated heterocycles. The molecule has 0 bridgehead atoms. The Balaban J connectivity index is 2.45. The topological polar surface area (TPSA) is 21.3 Å². The molecule has 0 aromatic heterocycles. The summed E-state index contributed by atoms with van der Waals surface area (Å²) < 4.78 is 6.77. The van der Waals surface area contributed by atoms with Gasteiger partial charge in [0, 0.05) is 16.1 Å². The van der Waals surface area contributed by atoms with E-state index in [9.17, 15) is 0 Å². The van der Waals surface area contributed by atoms with Crippen molar-refractivity contribution in [3.05, 3.63) is 27.7 Å². The summed E-state index contributed by atoms with van der Waals surface area (Å²) in [5.74, 6) is 0.994. The molecule has 1 unspecified atom stereocenters. The van der Waals surface area contributed by atoms with Crippen LogP contribution in [-0.2, 0) is 0 Å². The van der Waals surface area contributed by atoms with Gasteiger partial charge in [-0.15, -0.1) is 0 Å².